The highest BCUT2D eigenvalue weighted by Crippen LogP contribution is 2.43. The van der Waals surface area contributed by atoms with Gasteiger partial charge in [0.1, 0.15) is 23.0 Å². The maximum absolute atomic E-state index is 12.6. The average molecular weight is 320 g/mol. The number of benzene rings is 1. The minimum Gasteiger partial charge on any atom is -0.468 e. The lowest BCUT2D eigenvalue weighted by atomic mass is 9.87. The highest BCUT2D eigenvalue weighted by Gasteiger charge is 2.37. The molecule has 0 aliphatic carbocycles. The van der Waals surface area contributed by atoms with Gasteiger partial charge in [-0.15, -0.1) is 0 Å². The van der Waals surface area contributed by atoms with E-state index in [-0.39, 0.29) is 17.0 Å². The fourth-order valence-electron chi connectivity index (χ4n) is 2.97. The second kappa shape index (κ2) is 5.03. The van der Waals surface area contributed by atoms with Gasteiger partial charge in [0.15, 0.2) is 5.75 Å². The molecule has 6 heteroatoms. The van der Waals surface area contributed by atoms with Crippen LogP contribution in [0.2, 0.25) is 0 Å². The van der Waals surface area contributed by atoms with Crippen molar-refractivity contribution in [2.45, 2.75) is 12.8 Å². The van der Waals surface area contributed by atoms with Gasteiger partial charge in [-0.1, -0.05) is 11.6 Å². The summed E-state index contributed by atoms with van der Waals surface area (Å²) < 4.78 is 16.5. The van der Waals surface area contributed by atoms with E-state index in [1.807, 2.05) is 25.1 Å². The molecule has 0 bridgehead atoms. The third-order valence-corrected chi connectivity index (χ3v) is 4.05. The molecule has 6 nitrogen and oxygen atoms in total. The molecule has 0 amide bonds. The van der Waals surface area contributed by atoms with Crippen LogP contribution < -0.4 is 16.1 Å². The highest BCUT2D eigenvalue weighted by molar-refractivity contribution is 5.86. The Morgan fingerprint density at radius 1 is 1.29 bits per heavy atom. The Kier molecular flexibility index (Phi) is 2.97. The predicted octanol–water partition coefficient (Wildman–Crippen LogP) is 2.91. The number of allylic oxidation sites excluding steroid dienone is 1. The summed E-state index contributed by atoms with van der Waals surface area (Å²) in [6, 6.07) is 10.8. The number of rotatable bonds is 1. The van der Waals surface area contributed by atoms with Crippen molar-refractivity contribution in [3.63, 3.8) is 0 Å². The van der Waals surface area contributed by atoms with Crippen molar-refractivity contribution in [2.24, 2.45) is 5.73 Å². The number of nitrogens with two attached hydrogens (primary N) is 1. The van der Waals surface area contributed by atoms with Crippen LogP contribution in [-0.4, -0.2) is 0 Å². The molecule has 1 unspecified atom stereocenters. The molecule has 2 N–H and O–H groups in total. The number of furan rings is 1. The first-order valence-electron chi connectivity index (χ1n) is 7.28. The fourth-order valence-corrected chi connectivity index (χ4v) is 2.97. The van der Waals surface area contributed by atoms with E-state index in [1.54, 1.807) is 18.2 Å². The maximum Gasteiger partial charge on any atom is 0.344 e. The monoisotopic (exact) mass is 320 g/mol. The number of nitrogens with zero attached hydrogens (tertiary/aromatic N) is 1. The molecule has 0 saturated heterocycles. The molecule has 3 heterocycles. The first-order valence-corrected chi connectivity index (χ1v) is 7.28. The van der Waals surface area contributed by atoms with Gasteiger partial charge >= 0.3 is 5.63 Å². The van der Waals surface area contributed by atoms with Crippen molar-refractivity contribution >= 4 is 11.0 Å². The normalized spacial score (nSPS) is 16.6. The number of nitriles is 1. The predicted molar refractivity (Wildman–Crippen MR) is 85.2 cm³/mol. The van der Waals surface area contributed by atoms with Gasteiger partial charge in [-0.3, -0.25) is 0 Å². The largest absolute Gasteiger partial charge is 0.468 e. The zero-order valence-corrected chi connectivity index (χ0v) is 12.7. The molecular weight excluding hydrogens is 308 g/mol. The Hall–Kier alpha value is -3.46. The summed E-state index contributed by atoms with van der Waals surface area (Å²) in [5, 5.41) is 10.1. The molecule has 0 radical (unpaired) electrons. The zero-order chi connectivity index (χ0) is 16.8. The van der Waals surface area contributed by atoms with E-state index in [4.69, 9.17) is 19.3 Å². The third-order valence-electron chi connectivity index (χ3n) is 4.05. The lowest BCUT2D eigenvalue weighted by Crippen LogP contribution is -2.26. The molecule has 24 heavy (non-hydrogen) atoms. The van der Waals surface area contributed by atoms with Gasteiger partial charge in [-0.2, -0.15) is 5.26 Å². The summed E-state index contributed by atoms with van der Waals surface area (Å²) in [6.45, 7) is 1.92. The quantitative estimate of drug-likeness (QED) is 0.692. The Labute approximate surface area is 136 Å². The average Bonchev–Trinajstić information content (AvgIpc) is 3.08. The lowest BCUT2D eigenvalue weighted by molar-refractivity contribution is 0.377. The lowest BCUT2D eigenvalue weighted by Gasteiger charge is -2.24. The number of aryl methyl sites for hydroxylation is 1. The van der Waals surface area contributed by atoms with Gasteiger partial charge in [0.25, 0.3) is 0 Å². The van der Waals surface area contributed by atoms with Gasteiger partial charge in [-0.25, -0.2) is 4.79 Å². The Morgan fingerprint density at radius 3 is 2.83 bits per heavy atom. The van der Waals surface area contributed by atoms with E-state index in [1.165, 1.54) is 6.26 Å². The first-order chi connectivity index (χ1) is 11.6. The minimum absolute atomic E-state index is 0.0418. The Balaban J connectivity index is 2.12. The van der Waals surface area contributed by atoms with E-state index in [0.29, 0.717) is 22.5 Å². The topological polar surface area (TPSA) is 102 Å². The van der Waals surface area contributed by atoms with E-state index in [9.17, 15) is 10.1 Å². The zero-order valence-electron chi connectivity index (χ0n) is 12.7. The minimum atomic E-state index is -0.755. The molecule has 1 aromatic carbocycles. The molecular formula is C18H12N2O4. The smallest absolute Gasteiger partial charge is 0.344 e. The van der Waals surface area contributed by atoms with Gasteiger partial charge in [0.05, 0.1) is 23.1 Å². The SMILES string of the molecule is Cc1ccc2oc(=O)c3c(c2c1)OC(N)=C(C#N)C3c1ccco1. The van der Waals surface area contributed by atoms with Crippen molar-refractivity contribution in [1.29, 1.82) is 5.26 Å². The van der Waals surface area contributed by atoms with Crippen LogP contribution in [0.1, 0.15) is 22.8 Å². The molecule has 118 valence electrons. The van der Waals surface area contributed by atoms with Crippen LogP contribution in [0.3, 0.4) is 0 Å². The van der Waals surface area contributed by atoms with Gasteiger partial charge in [0, 0.05) is 0 Å². The van der Waals surface area contributed by atoms with Crippen LogP contribution in [-0.2, 0) is 0 Å². The van der Waals surface area contributed by atoms with Crippen molar-refractivity contribution in [1.82, 2.24) is 0 Å². The number of hydrogen-bond donors (Lipinski definition) is 1. The summed E-state index contributed by atoms with van der Waals surface area (Å²) in [5.41, 5.74) is 7.07. The second-order valence-electron chi connectivity index (χ2n) is 5.57. The van der Waals surface area contributed by atoms with Crippen molar-refractivity contribution in [3.05, 3.63) is 75.4 Å². The second-order valence-corrected chi connectivity index (χ2v) is 5.57. The van der Waals surface area contributed by atoms with E-state index in [2.05, 4.69) is 0 Å². The molecule has 4 rings (SSSR count). The standard InChI is InChI=1S/C18H12N2O4/c1-9-4-5-12-10(7-9)16-15(18(21)23-12)14(13-3-2-6-22-13)11(8-19)17(20)24-16/h2-7,14H,20H2,1H3. The fraction of sp³-hybridized carbons (Fsp3) is 0.111. The summed E-state index contributed by atoms with van der Waals surface area (Å²) in [4.78, 5) is 12.6. The molecule has 1 atom stereocenters. The first kappa shape index (κ1) is 14.2. The molecule has 2 aromatic heterocycles. The summed E-state index contributed by atoms with van der Waals surface area (Å²) in [5.74, 6) is -0.0593. The molecule has 1 aliphatic heterocycles. The van der Waals surface area contributed by atoms with E-state index >= 15 is 0 Å². The number of hydrogen-bond acceptors (Lipinski definition) is 6. The van der Waals surface area contributed by atoms with Crippen LogP contribution in [0, 0.1) is 18.3 Å². The molecule has 0 saturated carbocycles. The third kappa shape index (κ3) is 1.92. The van der Waals surface area contributed by atoms with Gasteiger partial charge in [0.2, 0.25) is 5.88 Å². The van der Waals surface area contributed by atoms with Crippen molar-refractivity contribution < 1.29 is 13.6 Å². The highest BCUT2D eigenvalue weighted by atomic mass is 16.5. The van der Waals surface area contributed by atoms with Crippen LogP contribution in [0.5, 0.6) is 5.75 Å². The summed E-state index contributed by atoms with van der Waals surface area (Å²) in [6.07, 6.45) is 1.47. The number of fused-ring (bicyclic) bond motifs is 3. The van der Waals surface area contributed by atoms with Gasteiger partial charge < -0.3 is 19.3 Å². The van der Waals surface area contributed by atoms with E-state index in [0.717, 1.165) is 5.56 Å². The summed E-state index contributed by atoms with van der Waals surface area (Å²) >= 11 is 0. The maximum atomic E-state index is 12.6. The molecule has 0 spiro atoms. The van der Waals surface area contributed by atoms with Crippen LogP contribution in [0.25, 0.3) is 11.0 Å². The number of ether oxygens (including phenoxy) is 1. The van der Waals surface area contributed by atoms with E-state index < -0.39 is 11.5 Å². The Bertz CT molecular complexity index is 1080. The molecule has 1 aliphatic rings. The van der Waals surface area contributed by atoms with Crippen molar-refractivity contribution in [3.8, 4) is 11.8 Å². The molecule has 3 aromatic rings. The van der Waals surface area contributed by atoms with Crippen molar-refractivity contribution in [2.75, 3.05) is 0 Å². The van der Waals surface area contributed by atoms with Crippen LogP contribution in [0.4, 0.5) is 0 Å². The summed E-state index contributed by atoms with van der Waals surface area (Å²) in [7, 11) is 0. The van der Waals surface area contributed by atoms with Gasteiger partial charge in [-0.05, 0) is 31.2 Å². The molecule has 0 fully saturated rings. The Morgan fingerprint density at radius 2 is 2.12 bits per heavy atom. The van der Waals surface area contributed by atoms with Crippen LogP contribution >= 0.6 is 0 Å². The van der Waals surface area contributed by atoms with Crippen LogP contribution in [0.15, 0.2) is 61.7 Å².